The van der Waals surface area contributed by atoms with Crippen LogP contribution < -0.4 is 0 Å². The number of β-amino-alcohol motifs (C(OH)–C–C–N with tert-alkyl or cyclic N) is 1. The van der Waals surface area contributed by atoms with Gasteiger partial charge in [-0.25, -0.2) is 16.8 Å². The maximum Gasteiger partial charge on any atom is 0.243 e. The summed E-state index contributed by atoms with van der Waals surface area (Å²) in [6.07, 6.45) is 3.29. The number of benzene rings is 1. The van der Waals surface area contributed by atoms with Crippen LogP contribution in [0.5, 0.6) is 0 Å². The predicted octanol–water partition coefficient (Wildman–Crippen LogP) is 1.01. The van der Waals surface area contributed by atoms with E-state index in [-0.39, 0.29) is 16.3 Å². The Kier molecular flexibility index (Phi) is 5.50. The zero-order valence-corrected chi connectivity index (χ0v) is 15.7. The van der Waals surface area contributed by atoms with Gasteiger partial charge in [0, 0.05) is 26.2 Å². The van der Waals surface area contributed by atoms with Crippen molar-refractivity contribution in [1.29, 1.82) is 0 Å². The van der Waals surface area contributed by atoms with Gasteiger partial charge in [0.2, 0.25) is 20.0 Å². The first kappa shape index (κ1) is 18.8. The predicted molar refractivity (Wildman–Crippen MR) is 93.1 cm³/mol. The molecule has 9 heteroatoms. The maximum absolute atomic E-state index is 12.7. The summed E-state index contributed by atoms with van der Waals surface area (Å²) in [4.78, 5) is 0.172. The molecule has 0 radical (unpaired) electrons. The summed E-state index contributed by atoms with van der Waals surface area (Å²) in [5.74, 6) is 0. The second-order valence-corrected chi connectivity index (χ2v) is 10.5. The van der Waals surface area contributed by atoms with Gasteiger partial charge in [0.15, 0.2) is 0 Å². The van der Waals surface area contributed by atoms with Crippen molar-refractivity contribution in [3.05, 3.63) is 24.3 Å². The highest BCUT2D eigenvalue weighted by Crippen LogP contribution is 2.24. The molecule has 1 unspecified atom stereocenters. The molecule has 2 aliphatic rings. The number of hydrogen-bond acceptors (Lipinski definition) is 5. The maximum atomic E-state index is 12.7. The Bertz CT molecular complexity index is 799. The molecule has 0 amide bonds. The van der Waals surface area contributed by atoms with Gasteiger partial charge < -0.3 is 5.11 Å². The average molecular weight is 389 g/mol. The Hall–Kier alpha value is -1.00. The van der Waals surface area contributed by atoms with Gasteiger partial charge in [-0.3, -0.25) is 0 Å². The van der Waals surface area contributed by atoms with E-state index in [1.54, 1.807) is 0 Å². The minimum absolute atomic E-state index is 0.0548. The molecular formula is C16H24N2O5S2. The van der Waals surface area contributed by atoms with Crippen molar-refractivity contribution in [2.24, 2.45) is 0 Å². The van der Waals surface area contributed by atoms with E-state index in [9.17, 15) is 21.9 Å². The zero-order valence-electron chi connectivity index (χ0n) is 14.0. The smallest absolute Gasteiger partial charge is 0.243 e. The van der Waals surface area contributed by atoms with E-state index in [0.29, 0.717) is 32.5 Å². The topological polar surface area (TPSA) is 95.0 Å². The standard InChI is InChI=1S/C16H24N2O5S2/c19-14-5-4-12-18(13-14)25(22,23)16-8-6-15(7-9-16)24(20,21)17-10-2-1-3-11-17/h6-9,14,19H,1-5,10-13H2. The van der Waals surface area contributed by atoms with Gasteiger partial charge in [0.05, 0.1) is 15.9 Å². The minimum atomic E-state index is -3.72. The molecule has 2 fully saturated rings. The van der Waals surface area contributed by atoms with Gasteiger partial charge in [-0.1, -0.05) is 6.42 Å². The summed E-state index contributed by atoms with van der Waals surface area (Å²) >= 11 is 0. The molecule has 2 heterocycles. The Balaban J connectivity index is 1.82. The SMILES string of the molecule is O=S(=O)(c1ccc(S(=O)(=O)N2CCCC(O)C2)cc1)N1CCCCC1. The Morgan fingerprint density at radius 3 is 1.76 bits per heavy atom. The van der Waals surface area contributed by atoms with E-state index >= 15 is 0 Å². The van der Waals surface area contributed by atoms with Crippen LogP contribution in [0.4, 0.5) is 0 Å². The molecule has 1 atom stereocenters. The Labute approximate surface area is 149 Å². The summed E-state index contributed by atoms with van der Waals surface area (Å²) in [6.45, 7) is 1.46. The molecule has 0 spiro atoms. The monoisotopic (exact) mass is 388 g/mol. The van der Waals surface area contributed by atoms with E-state index in [1.165, 1.54) is 32.9 Å². The first-order valence-electron chi connectivity index (χ1n) is 8.60. The average Bonchev–Trinajstić information content (AvgIpc) is 2.62. The summed E-state index contributed by atoms with van der Waals surface area (Å²) in [6, 6.07) is 5.40. The molecule has 1 N–H and O–H groups in total. The number of aliphatic hydroxyl groups excluding tert-OH is 1. The third-order valence-electron chi connectivity index (χ3n) is 4.77. The Morgan fingerprint density at radius 1 is 0.760 bits per heavy atom. The van der Waals surface area contributed by atoms with E-state index in [0.717, 1.165) is 19.3 Å². The molecule has 2 saturated heterocycles. The minimum Gasteiger partial charge on any atom is -0.392 e. The van der Waals surface area contributed by atoms with Gasteiger partial charge in [0.1, 0.15) is 0 Å². The zero-order chi connectivity index (χ0) is 18.1. The number of aliphatic hydroxyl groups is 1. The Morgan fingerprint density at radius 2 is 1.24 bits per heavy atom. The van der Waals surface area contributed by atoms with Crippen LogP contribution in [0, 0.1) is 0 Å². The van der Waals surface area contributed by atoms with Crippen LogP contribution in [-0.4, -0.2) is 62.8 Å². The van der Waals surface area contributed by atoms with E-state index < -0.39 is 26.2 Å². The van der Waals surface area contributed by atoms with Crippen molar-refractivity contribution in [2.75, 3.05) is 26.2 Å². The van der Waals surface area contributed by atoms with Crippen molar-refractivity contribution in [3.8, 4) is 0 Å². The van der Waals surface area contributed by atoms with Gasteiger partial charge in [-0.2, -0.15) is 8.61 Å². The second-order valence-electron chi connectivity index (χ2n) is 6.60. The third-order valence-corrected chi connectivity index (χ3v) is 8.57. The molecule has 140 valence electrons. The van der Waals surface area contributed by atoms with Crippen LogP contribution in [0.15, 0.2) is 34.1 Å². The number of rotatable bonds is 4. The highest BCUT2D eigenvalue weighted by molar-refractivity contribution is 7.89. The molecule has 2 aliphatic heterocycles. The molecular weight excluding hydrogens is 364 g/mol. The van der Waals surface area contributed by atoms with Crippen LogP contribution in [-0.2, 0) is 20.0 Å². The van der Waals surface area contributed by atoms with Crippen molar-refractivity contribution >= 4 is 20.0 Å². The fourth-order valence-electron chi connectivity index (χ4n) is 3.33. The summed E-state index contributed by atoms with van der Waals surface area (Å²) in [5.41, 5.74) is 0. The molecule has 0 aliphatic carbocycles. The second kappa shape index (κ2) is 7.32. The molecule has 7 nitrogen and oxygen atoms in total. The normalized spacial score (nSPS) is 24.3. The lowest BCUT2D eigenvalue weighted by atomic mass is 10.1. The third kappa shape index (κ3) is 3.90. The quantitative estimate of drug-likeness (QED) is 0.830. The van der Waals surface area contributed by atoms with Crippen molar-refractivity contribution in [3.63, 3.8) is 0 Å². The largest absolute Gasteiger partial charge is 0.392 e. The van der Waals surface area contributed by atoms with Crippen molar-refractivity contribution in [1.82, 2.24) is 8.61 Å². The number of piperidine rings is 2. The summed E-state index contributed by atoms with van der Waals surface area (Å²) in [7, 11) is -7.29. The fourth-order valence-corrected chi connectivity index (χ4v) is 6.36. The molecule has 0 aromatic heterocycles. The highest BCUT2D eigenvalue weighted by Gasteiger charge is 2.30. The van der Waals surface area contributed by atoms with Gasteiger partial charge in [-0.15, -0.1) is 0 Å². The molecule has 25 heavy (non-hydrogen) atoms. The highest BCUT2D eigenvalue weighted by atomic mass is 32.2. The molecule has 0 bridgehead atoms. The number of hydrogen-bond donors (Lipinski definition) is 1. The lowest BCUT2D eigenvalue weighted by molar-refractivity contribution is 0.108. The number of sulfonamides is 2. The number of nitrogens with zero attached hydrogens (tertiary/aromatic N) is 2. The molecule has 3 rings (SSSR count). The molecule has 1 aromatic carbocycles. The summed E-state index contributed by atoms with van der Waals surface area (Å²) in [5, 5.41) is 9.69. The van der Waals surface area contributed by atoms with Gasteiger partial charge >= 0.3 is 0 Å². The first-order chi connectivity index (χ1) is 11.8. The van der Waals surface area contributed by atoms with Crippen LogP contribution in [0.3, 0.4) is 0 Å². The van der Waals surface area contributed by atoms with Crippen molar-refractivity contribution in [2.45, 2.75) is 48.0 Å². The van der Waals surface area contributed by atoms with Gasteiger partial charge in [-0.05, 0) is 49.9 Å². The lowest BCUT2D eigenvalue weighted by Gasteiger charge is -2.29. The van der Waals surface area contributed by atoms with Crippen LogP contribution >= 0.6 is 0 Å². The molecule has 1 aromatic rings. The lowest BCUT2D eigenvalue weighted by Crippen LogP contribution is -2.42. The first-order valence-corrected chi connectivity index (χ1v) is 11.5. The van der Waals surface area contributed by atoms with Crippen LogP contribution in [0.25, 0.3) is 0 Å². The van der Waals surface area contributed by atoms with E-state index in [2.05, 4.69) is 0 Å². The molecule has 0 saturated carbocycles. The summed E-state index contributed by atoms with van der Waals surface area (Å²) < 4.78 is 53.3. The fraction of sp³-hybridized carbons (Fsp3) is 0.625. The van der Waals surface area contributed by atoms with Crippen molar-refractivity contribution < 1.29 is 21.9 Å². The van der Waals surface area contributed by atoms with Gasteiger partial charge in [0.25, 0.3) is 0 Å². The van der Waals surface area contributed by atoms with Crippen LogP contribution in [0.1, 0.15) is 32.1 Å². The van der Waals surface area contributed by atoms with Crippen LogP contribution in [0.2, 0.25) is 0 Å². The van der Waals surface area contributed by atoms with E-state index in [1.807, 2.05) is 0 Å². The van der Waals surface area contributed by atoms with E-state index in [4.69, 9.17) is 0 Å².